The molecule has 0 saturated heterocycles. The highest BCUT2D eigenvalue weighted by atomic mass is 16.5. The van der Waals surface area contributed by atoms with Crippen molar-refractivity contribution in [2.75, 3.05) is 19.0 Å². The highest BCUT2D eigenvalue weighted by Crippen LogP contribution is 2.26. The molecule has 3 rings (SSSR count). The van der Waals surface area contributed by atoms with E-state index in [4.69, 9.17) is 4.74 Å². The largest absolute Gasteiger partial charge is 0.481 e. The van der Waals surface area contributed by atoms with Crippen molar-refractivity contribution in [1.82, 2.24) is 25.1 Å². The maximum absolute atomic E-state index is 5.08. The Bertz CT molecular complexity index is 737. The normalized spacial score (nSPS) is 10.8. The molecule has 0 aliphatic carbocycles. The number of nitrogens with one attached hydrogen (secondary N) is 2. The van der Waals surface area contributed by atoms with Crippen molar-refractivity contribution in [2.24, 2.45) is 0 Å². The van der Waals surface area contributed by atoms with Gasteiger partial charge in [-0.1, -0.05) is 6.92 Å². The summed E-state index contributed by atoms with van der Waals surface area (Å²) >= 11 is 0. The summed E-state index contributed by atoms with van der Waals surface area (Å²) in [6.07, 6.45) is 4.46. The monoisotopic (exact) mass is 284 g/mol. The van der Waals surface area contributed by atoms with Gasteiger partial charge < -0.3 is 10.1 Å². The van der Waals surface area contributed by atoms with Crippen molar-refractivity contribution in [3.05, 3.63) is 24.5 Å². The van der Waals surface area contributed by atoms with E-state index in [2.05, 4.69) is 37.4 Å². The SMILES string of the molecule is CCCNc1nc(-c2ccc(OC)nc2)c2cn[nH]c2n1. The van der Waals surface area contributed by atoms with Crippen LogP contribution in [0.4, 0.5) is 5.95 Å². The van der Waals surface area contributed by atoms with Crippen LogP contribution in [0.2, 0.25) is 0 Å². The van der Waals surface area contributed by atoms with Crippen LogP contribution in [0.3, 0.4) is 0 Å². The lowest BCUT2D eigenvalue weighted by Crippen LogP contribution is -2.05. The number of hydrogen-bond acceptors (Lipinski definition) is 6. The Morgan fingerprint density at radius 3 is 2.86 bits per heavy atom. The molecule has 0 unspecified atom stereocenters. The second kappa shape index (κ2) is 5.74. The fourth-order valence-electron chi connectivity index (χ4n) is 2.01. The zero-order chi connectivity index (χ0) is 14.7. The van der Waals surface area contributed by atoms with Gasteiger partial charge in [0.1, 0.15) is 0 Å². The van der Waals surface area contributed by atoms with Gasteiger partial charge in [-0.15, -0.1) is 0 Å². The third-order valence-electron chi connectivity index (χ3n) is 3.06. The quantitative estimate of drug-likeness (QED) is 0.747. The van der Waals surface area contributed by atoms with Gasteiger partial charge >= 0.3 is 0 Å². The maximum atomic E-state index is 5.08. The van der Waals surface area contributed by atoms with Gasteiger partial charge in [0.15, 0.2) is 5.65 Å². The zero-order valence-corrected chi connectivity index (χ0v) is 11.9. The fourth-order valence-corrected chi connectivity index (χ4v) is 2.01. The number of ether oxygens (including phenoxy) is 1. The van der Waals surface area contributed by atoms with E-state index in [-0.39, 0.29) is 0 Å². The molecule has 0 aliphatic heterocycles. The molecule has 0 aliphatic rings. The second-order valence-corrected chi connectivity index (χ2v) is 4.54. The van der Waals surface area contributed by atoms with Crippen molar-refractivity contribution in [2.45, 2.75) is 13.3 Å². The predicted octanol–water partition coefficient (Wildman–Crippen LogP) is 2.25. The second-order valence-electron chi connectivity index (χ2n) is 4.54. The summed E-state index contributed by atoms with van der Waals surface area (Å²) in [4.78, 5) is 13.2. The van der Waals surface area contributed by atoms with Crippen LogP contribution in [0.1, 0.15) is 13.3 Å². The molecular formula is C14H16N6O. The van der Waals surface area contributed by atoms with Gasteiger partial charge in [0.05, 0.1) is 24.4 Å². The van der Waals surface area contributed by atoms with Crippen LogP contribution in [0.25, 0.3) is 22.3 Å². The van der Waals surface area contributed by atoms with Gasteiger partial charge in [-0.05, 0) is 12.5 Å². The molecule has 7 heteroatoms. The molecule has 2 N–H and O–H groups in total. The van der Waals surface area contributed by atoms with E-state index in [0.717, 1.165) is 29.6 Å². The summed E-state index contributed by atoms with van der Waals surface area (Å²) in [6, 6.07) is 3.73. The van der Waals surface area contributed by atoms with E-state index >= 15 is 0 Å². The molecule has 3 heterocycles. The van der Waals surface area contributed by atoms with Crippen LogP contribution in [-0.2, 0) is 0 Å². The van der Waals surface area contributed by atoms with Gasteiger partial charge in [-0.3, -0.25) is 5.10 Å². The molecule has 0 atom stereocenters. The minimum atomic E-state index is 0.570. The lowest BCUT2D eigenvalue weighted by Gasteiger charge is -2.07. The van der Waals surface area contributed by atoms with Gasteiger partial charge in [-0.25, -0.2) is 9.97 Å². The molecule has 0 amide bonds. The van der Waals surface area contributed by atoms with E-state index in [1.165, 1.54) is 0 Å². The number of hydrogen-bond donors (Lipinski definition) is 2. The number of rotatable bonds is 5. The minimum Gasteiger partial charge on any atom is -0.481 e. The molecule has 0 spiro atoms. The fraction of sp³-hybridized carbons (Fsp3) is 0.286. The van der Waals surface area contributed by atoms with E-state index in [0.29, 0.717) is 17.5 Å². The third kappa shape index (κ3) is 2.62. The molecule has 21 heavy (non-hydrogen) atoms. The average molecular weight is 284 g/mol. The number of fused-ring (bicyclic) bond motifs is 1. The van der Waals surface area contributed by atoms with E-state index < -0.39 is 0 Å². The Labute approximate surface area is 121 Å². The molecule has 0 radical (unpaired) electrons. The van der Waals surface area contributed by atoms with Crippen molar-refractivity contribution >= 4 is 17.0 Å². The minimum absolute atomic E-state index is 0.570. The number of nitrogens with zero attached hydrogens (tertiary/aromatic N) is 4. The van der Waals surface area contributed by atoms with Crippen molar-refractivity contribution < 1.29 is 4.74 Å². The van der Waals surface area contributed by atoms with Gasteiger partial charge in [0.25, 0.3) is 0 Å². The first kappa shape index (κ1) is 13.3. The molecule has 0 saturated carbocycles. The first-order valence-electron chi connectivity index (χ1n) is 6.77. The number of aromatic amines is 1. The summed E-state index contributed by atoms with van der Waals surface area (Å²) in [7, 11) is 1.59. The Morgan fingerprint density at radius 1 is 1.24 bits per heavy atom. The Kier molecular flexibility index (Phi) is 3.63. The summed E-state index contributed by atoms with van der Waals surface area (Å²) in [5, 5.41) is 11.0. The van der Waals surface area contributed by atoms with E-state index in [9.17, 15) is 0 Å². The first-order chi connectivity index (χ1) is 10.3. The molecule has 0 bridgehead atoms. The summed E-state index contributed by atoms with van der Waals surface area (Å²) in [5.41, 5.74) is 2.39. The van der Waals surface area contributed by atoms with Gasteiger partial charge in [0, 0.05) is 24.4 Å². The van der Waals surface area contributed by atoms with Crippen LogP contribution < -0.4 is 10.1 Å². The molecular weight excluding hydrogens is 268 g/mol. The van der Waals surface area contributed by atoms with Crippen LogP contribution in [0, 0.1) is 0 Å². The standard InChI is InChI=1S/C14H16N6O/c1-3-6-15-14-18-12(10-8-17-20-13(10)19-14)9-4-5-11(21-2)16-7-9/h4-5,7-8H,3,6H2,1-2H3,(H2,15,17,18,19,20). The predicted molar refractivity (Wildman–Crippen MR) is 80.2 cm³/mol. The molecule has 0 fully saturated rings. The number of aromatic nitrogens is 5. The Hall–Kier alpha value is -2.70. The zero-order valence-electron chi connectivity index (χ0n) is 11.9. The highest BCUT2D eigenvalue weighted by Gasteiger charge is 2.11. The summed E-state index contributed by atoms with van der Waals surface area (Å²) in [6.45, 7) is 2.91. The lowest BCUT2D eigenvalue weighted by molar-refractivity contribution is 0.398. The van der Waals surface area contributed by atoms with E-state index in [1.54, 1.807) is 19.5 Å². The van der Waals surface area contributed by atoms with Crippen molar-refractivity contribution in [1.29, 1.82) is 0 Å². The van der Waals surface area contributed by atoms with Crippen molar-refractivity contribution in [3.63, 3.8) is 0 Å². The topological polar surface area (TPSA) is 88.6 Å². The Morgan fingerprint density at radius 2 is 2.14 bits per heavy atom. The number of methoxy groups -OCH3 is 1. The first-order valence-corrected chi connectivity index (χ1v) is 6.77. The molecule has 3 aromatic rings. The van der Waals surface area contributed by atoms with Crippen molar-refractivity contribution in [3.8, 4) is 17.1 Å². The maximum Gasteiger partial charge on any atom is 0.225 e. The number of pyridine rings is 1. The average Bonchev–Trinajstić information content (AvgIpc) is 3.00. The smallest absolute Gasteiger partial charge is 0.225 e. The molecule has 0 aromatic carbocycles. The van der Waals surface area contributed by atoms with E-state index in [1.807, 2.05) is 12.1 Å². The molecule has 108 valence electrons. The summed E-state index contributed by atoms with van der Waals surface area (Å²) < 4.78 is 5.08. The van der Waals surface area contributed by atoms with Crippen LogP contribution in [0.15, 0.2) is 24.5 Å². The van der Waals surface area contributed by atoms with Gasteiger partial charge in [0.2, 0.25) is 11.8 Å². The van der Waals surface area contributed by atoms with Crippen LogP contribution >= 0.6 is 0 Å². The third-order valence-corrected chi connectivity index (χ3v) is 3.06. The highest BCUT2D eigenvalue weighted by molar-refractivity contribution is 5.90. The number of anilines is 1. The van der Waals surface area contributed by atoms with Crippen LogP contribution in [0.5, 0.6) is 5.88 Å². The molecule has 3 aromatic heterocycles. The number of H-pyrrole nitrogens is 1. The Balaban J connectivity index is 2.07. The summed E-state index contributed by atoms with van der Waals surface area (Å²) in [5.74, 6) is 1.15. The lowest BCUT2D eigenvalue weighted by atomic mass is 10.1. The van der Waals surface area contributed by atoms with Gasteiger partial charge in [-0.2, -0.15) is 10.1 Å². The molecule has 7 nitrogen and oxygen atoms in total. The van der Waals surface area contributed by atoms with Crippen LogP contribution in [-0.4, -0.2) is 38.8 Å².